The van der Waals surface area contributed by atoms with Gasteiger partial charge in [-0.1, -0.05) is 36.4 Å². The molecule has 4 nitrogen and oxygen atoms in total. The number of nitrogens with zero attached hydrogens (tertiary/aromatic N) is 1. The lowest BCUT2D eigenvalue weighted by molar-refractivity contribution is 0.133. The molecule has 0 atom stereocenters. The Labute approximate surface area is 161 Å². The molecule has 2 rings (SSSR count). The summed E-state index contributed by atoms with van der Waals surface area (Å²) in [5.74, 6) is 0.795. The van der Waals surface area contributed by atoms with Crippen molar-refractivity contribution in [3.8, 4) is 0 Å². The van der Waals surface area contributed by atoms with E-state index in [1.54, 1.807) is 18.8 Å². The number of ether oxygens (including phenoxy) is 1. The molecule has 2 aromatic carbocycles. The van der Waals surface area contributed by atoms with E-state index in [1.807, 2.05) is 13.0 Å². The Hall–Kier alpha value is -1.98. The van der Waals surface area contributed by atoms with Gasteiger partial charge in [-0.15, -0.1) is 11.8 Å². The molecule has 0 aliphatic carbocycles. The van der Waals surface area contributed by atoms with E-state index < -0.39 is 0 Å². The number of thioether (sulfide) groups is 1. The first kappa shape index (κ1) is 20.3. The zero-order chi connectivity index (χ0) is 18.8. The zero-order valence-electron chi connectivity index (χ0n) is 16.1. The minimum atomic E-state index is 0.640. The molecule has 0 aliphatic rings. The average molecular weight is 372 g/mol. The van der Waals surface area contributed by atoms with Gasteiger partial charge in [0.1, 0.15) is 0 Å². The second-order valence-corrected chi connectivity index (χ2v) is 6.85. The van der Waals surface area contributed by atoms with Crippen LogP contribution in [0, 0.1) is 6.92 Å². The van der Waals surface area contributed by atoms with E-state index in [-0.39, 0.29) is 0 Å². The minimum Gasteiger partial charge on any atom is -0.377 e. The van der Waals surface area contributed by atoms with Crippen molar-refractivity contribution in [3.05, 3.63) is 64.7 Å². The van der Waals surface area contributed by atoms with Crippen molar-refractivity contribution in [2.75, 3.05) is 19.9 Å². The molecule has 0 radical (unpaired) electrons. The first-order valence-electron chi connectivity index (χ1n) is 8.90. The van der Waals surface area contributed by atoms with Gasteiger partial charge in [0.2, 0.25) is 0 Å². The van der Waals surface area contributed by atoms with E-state index >= 15 is 0 Å². The maximum atomic E-state index is 5.56. The second-order valence-electron chi connectivity index (χ2n) is 6.00. The van der Waals surface area contributed by atoms with Crippen molar-refractivity contribution in [1.29, 1.82) is 0 Å². The van der Waals surface area contributed by atoms with Crippen molar-refractivity contribution in [2.24, 2.45) is 4.99 Å². The summed E-state index contributed by atoms with van der Waals surface area (Å²) in [5.41, 5.74) is 5.00. The fourth-order valence-electron chi connectivity index (χ4n) is 2.66. The van der Waals surface area contributed by atoms with Crippen LogP contribution >= 0.6 is 11.8 Å². The number of guanidine groups is 1. The lowest BCUT2D eigenvalue weighted by atomic mass is 10.1. The molecule has 0 bridgehead atoms. The van der Waals surface area contributed by atoms with Gasteiger partial charge in [-0.05, 0) is 48.4 Å². The Bertz CT molecular complexity index is 731. The number of benzene rings is 2. The highest BCUT2D eigenvalue weighted by molar-refractivity contribution is 7.98. The quantitative estimate of drug-likeness (QED) is 0.416. The van der Waals surface area contributed by atoms with E-state index in [2.05, 4.69) is 65.2 Å². The number of hydrogen-bond donors (Lipinski definition) is 2. The fourth-order valence-corrected chi connectivity index (χ4v) is 3.37. The van der Waals surface area contributed by atoms with Crippen LogP contribution < -0.4 is 10.6 Å². The van der Waals surface area contributed by atoms with Gasteiger partial charge in [-0.25, -0.2) is 0 Å². The second kappa shape index (κ2) is 10.9. The van der Waals surface area contributed by atoms with Crippen LogP contribution in [0.5, 0.6) is 0 Å². The summed E-state index contributed by atoms with van der Waals surface area (Å²) in [5, 5.41) is 6.81. The van der Waals surface area contributed by atoms with Gasteiger partial charge in [-0.3, -0.25) is 4.99 Å². The molecule has 0 aromatic heterocycles. The third-order valence-corrected chi connectivity index (χ3v) is 4.96. The van der Waals surface area contributed by atoms with E-state index in [0.29, 0.717) is 13.2 Å². The molecule has 140 valence electrons. The molecule has 26 heavy (non-hydrogen) atoms. The standard InChI is InChI=1S/C21H29N3OS/c1-5-25-15-19-9-7-6-8-17(19)13-23-21(22-3)24-14-18-11-10-16(2)12-20(18)26-4/h6-12H,5,13-15H2,1-4H3,(H2,22,23,24). The number of aryl methyl sites for hydroxylation is 1. The summed E-state index contributed by atoms with van der Waals surface area (Å²) in [6.07, 6.45) is 2.11. The lowest BCUT2D eigenvalue weighted by Crippen LogP contribution is -2.36. The van der Waals surface area contributed by atoms with Gasteiger partial charge in [0.25, 0.3) is 0 Å². The van der Waals surface area contributed by atoms with Gasteiger partial charge >= 0.3 is 0 Å². The first-order valence-corrected chi connectivity index (χ1v) is 10.1. The SMILES string of the molecule is CCOCc1ccccc1CNC(=NC)NCc1ccc(C)cc1SC. The molecule has 0 spiro atoms. The maximum Gasteiger partial charge on any atom is 0.191 e. The van der Waals surface area contributed by atoms with Gasteiger partial charge in [-0.2, -0.15) is 0 Å². The van der Waals surface area contributed by atoms with E-state index in [4.69, 9.17) is 4.74 Å². The van der Waals surface area contributed by atoms with E-state index in [0.717, 1.165) is 19.1 Å². The summed E-state index contributed by atoms with van der Waals surface area (Å²) in [6.45, 7) is 6.96. The van der Waals surface area contributed by atoms with Crippen LogP contribution in [0.25, 0.3) is 0 Å². The van der Waals surface area contributed by atoms with Crippen LogP contribution in [-0.2, 0) is 24.4 Å². The van der Waals surface area contributed by atoms with Crippen LogP contribution in [0.2, 0.25) is 0 Å². The van der Waals surface area contributed by atoms with Crippen molar-refractivity contribution in [1.82, 2.24) is 10.6 Å². The number of hydrogen-bond acceptors (Lipinski definition) is 3. The topological polar surface area (TPSA) is 45.6 Å². The average Bonchev–Trinajstić information content (AvgIpc) is 2.67. The van der Waals surface area contributed by atoms with Crippen LogP contribution in [0.15, 0.2) is 52.4 Å². The Balaban J connectivity index is 1.95. The zero-order valence-corrected chi connectivity index (χ0v) is 17.0. The predicted octanol–water partition coefficient (Wildman–Crippen LogP) is 4.12. The Morgan fingerprint density at radius 1 is 1.04 bits per heavy atom. The molecule has 0 aliphatic heterocycles. The molecule has 0 saturated heterocycles. The molecule has 0 heterocycles. The molecule has 5 heteroatoms. The van der Waals surface area contributed by atoms with Gasteiger partial charge in [0.05, 0.1) is 6.61 Å². The van der Waals surface area contributed by atoms with Gasteiger partial charge in [0.15, 0.2) is 5.96 Å². The molecular formula is C21H29N3OS. The lowest BCUT2D eigenvalue weighted by Gasteiger charge is -2.15. The van der Waals surface area contributed by atoms with Gasteiger partial charge in [0, 0.05) is 31.6 Å². The van der Waals surface area contributed by atoms with Gasteiger partial charge < -0.3 is 15.4 Å². The summed E-state index contributed by atoms with van der Waals surface area (Å²) in [4.78, 5) is 5.64. The van der Waals surface area contributed by atoms with Crippen LogP contribution in [0.4, 0.5) is 0 Å². The molecule has 2 N–H and O–H groups in total. The van der Waals surface area contributed by atoms with Crippen molar-refractivity contribution >= 4 is 17.7 Å². The highest BCUT2D eigenvalue weighted by Gasteiger charge is 2.06. The highest BCUT2D eigenvalue weighted by atomic mass is 32.2. The molecule has 0 unspecified atom stereocenters. The third kappa shape index (κ3) is 6.07. The smallest absolute Gasteiger partial charge is 0.191 e. The van der Waals surface area contributed by atoms with E-state index in [1.165, 1.54) is 27.1 Å². The molecule has 0 amide bonds. The molecule has 0 saturated carbocycles. The van der Waals surface area contributed by atoms with Crippen LogP contribution in [-0.4, -0.2) is 25.9 Å². The maximum absolute atomic E-state index is 5.56. The summed E-state index contributed by atoms with van der Waals surface area (Å²) < 4.78 is 5.56. The van der Waals surface area contributed by atoms with Crippen molar-refractivity contribution < 1.29 is 4.74 Å². The number of aliphatic imine (C=N–C) groups is 1. The van der Waals surface area contributed by atoms with Crippen LogP contribution in [0.3, 0.4) is 0 Å². The monoisotopic (exact) mass is 371 g/mol. The normalized spacial score (nSPS) is 11.5. The van der Waals surface area contributed by atoms with Crippen LogP contribution in [0.1, 0.15) is 29.2 Å². The van der Waals surface area contributed by atoms with Crippen molar-refractivity contribution in [3.63, 3.8) is 0 Å². The molecule has 2 aromatic rings. The first-order chi connectivity index (χ1) is 12.7. The van der Waals surface area contributed by atoms with Crippen molar-refractivity contribution in [2.45, 2.75) is 38.4 Å². The largest absolute Gasteiger partial charge is 0.377 e. The highest BCUT2D eigenvalue weighted by Crippen LogP contribution is 2.21. The molecular weight excluding hydrogens is 342 g/mol. The summed E-state index contributed by atoms with van der Waals surface area (Å²) >= 11 is 1.77. The third-order valence-electron chi connectivity index (χ3n) is 4.14. The number of nitrogens with one attached hydrogen (secondary N) is 2. The predicted molar refractivity (Wildman–Crippen MR) is 112 cm³/mol. The molecule has 0 fully saturated rings. The summed E-state index contributed by atoms with van der Waals surface area (Å²) in [6, 6.07) is 14.9. The fraction of sp³-hybridized carbons (Fsp3) is 0.381. The Kier molecular flexibility index (Phi) is 8.51. The Morgan fingerprint density at radius 3 is 2.38 bits per heavy atom. The minimum absolute atomic E-state index is 0.640. The summed E-state index contributed by atoms with van der Waals surface area (Å²) in [7, 11) is 1.80. The number of rotatable bonds is 8. The Morgan fingerprint density at radius 2 is 1.73 bits per heavy atom. The van der Waals surface area contributed by atoms with E-state index in [9.17, 15) is 0 Å².